The topological polar surface area (TPSA) is 51.7 Å². The Kier molecular flexibility index (Phi) is 3.52. The standard InChI is InChI=1S/C15H16N2O3/c1-11-5-6-12-3-2-4-13(14(12)16-11)20-15(18)17-7-9-19-10-8-17/h2-6H,7-10H2,1H3. The number of aromatic nitrogens is 1. The molecule has 1 amide bonds. The van der Waals surface area contributed by atoms with Crippen LogP contribution in [0, 0.1) is 6.92 Å². The van der Waals surface area contributed by atoms with Crippen LogP contribution in [0.3, 0.4) is 0 Å². The van der Waals surface area contributed by atoms with Crippen molar-refractivity contribution in [2.45, 2.75) is 6.92 Å². The molecule has 0 N–H and O–H groups in total. The maximum atomic E-state index is 12.1. The molecule has 1 aromatic heterocycles. The Hall–Kier alpha value is -2.14. The van der Waals surface area contributed by atoms with Gasteiger partial charge in [-0.3, -0.25) is 0 Å². The number of fused-ring (bicyclic) bond motifs is 1. The van der Waals surface area contributed by atoms with E-state index in [1.165, 1.54) is 0 Å². The van der Waals surface area contributed by atoms with Gasteiger partial charge in [0.05, 0.1) is 13.2 Å². The van der Waals surface area contributed by atoms with Gasteiger partial charge in [0.2, 0.25) is 0 Å². The maximum Gasteiger partial charge on any atom is 0.415 e. The first kappa shape index (κ1) is 12.9. The highest BCUT2D eigenvalue weighted by atomic mass is 16.6. The number of hydrogen-bond donors (Lipinski definition) is 0. The van der Waals surface area contributed by atoms with Gasteiger partial charge in [-0.15, -0.1) is 0 Å². The molecule has 0 atom stereocenters. The van der Waals surface area contributed by atoms with Crippen molar-refractivity contribution in [2.24, 2.45) is 0 Å². The third-order valence-corrected chi connectivity index (χ3v) is 3.29. The first-order valence-corrected chi connectivity index (χ1v) is 6.65. The Bertz CT molecular complexity index is 636. The number of hydrogen-bond acceptors (Lipinski definition) is 4. The van der Waals surface area contributed by atoms with Crippen molar-refractivity contribution in [2.75, 3.05) is 26.3 Å². The lowest BCUT2D eigenvalue weighted by Gasteiger charge is -2.25. The number of carbonyl (C=O) groups is 1. The molecule has 1 aromatic carbocycles. The fraction of sp³-hybridized carbons (Fsp3) is 0.333. The second kappa shape index (κ2) is 5.46. The fourth-order valence-electron chi connectivity index (χ4n) is 2.20. The Morgan fingerprint density at radius 1 is 1.25 bits per heavy atom. The van der Waals surface area contributed by atoms with E-state index in [0.29, 0.717) is 37.6 Å². The van der Waals surface area contributed by atoms with Crippen molar-refractivity contribution in [1.29, 1.82) is 0 Å². The van der Waals surface area contributed by atoms with Crippen molar-refractivity contribution in [3.63, 3.8) is 0 Å². The Labute approximate surface area is 117 Å². The van der Waals surface area contributed by atoms with E-state index in [2.05, 4.69) is 4.98 Å². The van der Waals surface area contributed by atoms with E-state index in [1.807, 2.05) is 31.2 Å². The minimum Gasteiger partial charge on any atom is -0.408 e. The number of pyridine rings is 1. The van der Waals surface area contributed by atoms with Gasteiger partial charge >= 0.3 is 6.09 Å². The first-order chi connectivity index (χ1) is 9.74. The molecule has 0 spiro atoms. The highest BCUT2D eigenvalue weighted by Gasteiger charge is 2.19. The highest BCUT2D eigenvalue weighted by Crippen LogP contribution is 2.24. The smallest absolute Gasteiger partial charge is 0.408 e. The molecule has 1 aliphatic rings. The summed E-state index contributed by atoms with van der Waals surface area (Å²) in [5.74, 6) is 0.502. The molecule has 1 saturated heterocycles. The van der Waals surface area contributed by atoms with E-state index in [-0.39, 0.29) is 6.09 Å². The molecule has 104 valence electrons. The molecule has 5 nitrogen and oxygen atoms in total. The van der Waals surface area contributed by atoms with Gasteiger partial charge in [-0.2, -0.15) is 0 Å². The van der Waals surface area contributed by atoms with E-state index < -0.39 is 0 Å². The van der Waals surface area contributed by atoms with Gasteiger partial charge in [0.1, 0.15) is 5.52 Å². The molecular formula is C15H16N2O3. The number of benzene rings is 1. The number of ether oxygens (including phenoxy) is 2. The number of rotatable bonds is 1. The predicted molar refractivity (Wildman–Crippen MR) is 74.9 cm³/mol. The zero-order valence-corrected chi connectivity index (χ0v) is 11.3. The van der Waals surface area contributed by atoms with Gasteiger partial charge in [0.25, 0.3) is 0 Å². The summed E-state index contributed by atoms with van der Waals surface area (Å²) in [5.41, 5.74) is 1.61. The lowest BCUT2D eigenvalue weighted by Crippen LogP contribution is -2.42. The van der Waals surface area contributed by atoms with Crippen molar-refractivity contribution >= 4 is 17.0 Å². The van der Waals surface area contributed by atoms with Crippen molar-refractivity contribution in [1.82, 2.24) is 9.88 Å². The van der Waals surface area contributed by atoms with E-state index in [1.54, 1.807) is 11.0 Å². The molecule has 0 unspecified atom stereocenters. The third kappa shape index (κ3) is 2.58. The zero-order valence-electron chi connectivity index (χ0n) is 11.3. The van der Waals surface area contributed by atoms with Gasteiger partial charge in [-0.1, -0.05) is 18.2 Å². The number of carbonyl (C=O) groups excluding carboxylic acids is 1. The molecule has 1 aliphatic heterocycles. The molecule has 2 aromatic rings. The Morgan fingerprint density at radius 2 is 2.05 bits per heavy atom. The van der Waals surface area contributed by atoms with Crippen molar-refractivity contribution in [3.05, 3.63) is 36.0 Å². The summed E-state index contributed by atoms with van der Waals surface area (Å²) in [6, 6.07) is 9.50. The summed E-state index contributed by atoms with van der Waals surface area (Å²) in [4.78, 5) is 18.2. The molecule has 0 bridgehead atoms. The lowest BCUT2D eigenvalue weighted by atomic mass is 10.2. The average molecular weight is 272 g/mol. The van der Waals surface area contributed by atoms with Crippen molar-refractivity contribution in [3.8, 4) is 5.75 Å². The number of aryl methyl sites for hydroxylation is 1. The van der Waals surface area contributed by atoms with Crippen LogP contribution in [0.15, 0.2) is 30.3 Å². The molecule has 0 aliphatic carbocycles. The molecule has 20 heavy (non-hydrogen) atoms. The summed E-state index contributed by atoms with van der Waals surface area (Å²) >= 11 is 0. The van der Waals surface area contributed by atoms with E-state index in [0.717, 1.165) is 11.1 Å². The quantitative estimate of drug-likeness (QED) is 0.799. The summed E-state index contributed by atoms with van der Waals surface area (Å²) in [6.45, 7) is 4.16. The fourth-order valence-corrected chi connectivity index (χ4v) is 2.20. The minimum absolute atomic E-state index is 0.343. The Balaban J connectivity index is 1.86. The highest BCUT2D eigenvalue weighted by molar-refractivity contribution is 5.87. The molecule has 5 heteroatoms. The minimum atomic E-state index is -0.343. The van der Waals surface area contributed by atoms with Crippen LogP contribution in [-0.2, 0) is 4.74 Å². The van der Waals surface area contributed by atoms with Gasteiger partial charge < -0.3 is 14.4 Å². The van der Waals surface area contributed by atoms with Crippen LogP contribution in [0.1, 0.15) is 5.69 Å². The summed E-state index contributed by atoms with van der Waals surface area (Å²) in [6.07, 6.45) is -0.343. The van der Waals surface area contributed by atoms with E-state index in [4.69, 9.17) is 9.47 Å². The largest absolute Gasteiger partial charge is 0.415 e. The van der Waals surface area contributed by atoms with Gasteiger partial charge in [-0.25, -0.2) is 9.78 Å². The summed E-state index contributed by atoms with van der Waals surface area (Å²) in [5, 5.41) is 0.961. The lowest BCUT2D eigenvalue weighted by molar-refractivity contribution is 0.0417. The number of morpholine rings is 1. The van der Waals surface area contributed by atoms with Crippen LogP contribution < -0.4 is 4.74 Å². The second-order valence-corrected chi connectivity index (χ2v) is 4.75. The average Bonchev–Trinajstić information content (AvgIpc) is 2.49. The molecule has 1 fully saturated rings. The first-order valence-electron chi connectivity index (χ1n) is 6.65. The van der Waals surface area contributed by atoms with Crippen LogP contribution >= 0.6 is 0 Å². The van der Waals surface area contributed by atoms with Gasteiger partial charge in [0, 0.05) is 24.2 Å². The SMILES string of the molecule is Cc1ccc2cccc(OC(=O)N3CCOCC3)c2n1. The summed E-state index contributed by atoms with van der Waals surface area (Å²) in [7, 11) is 0. The van der Waals surface area contributed by atoms with Crippen LogP contribution in [0.25, 0.3) is 10.9 Å². The monoisotopic (exact) mass is 272 g/mol. The second-order valence-electron chi connectivity index (χ2n) is 4.75. The normalized spacial score (nSPS) is 15.3. The predicted octanol–water partition coefficient (Wildman–Crippen LogP) is 2.37. The van der Waals surface area contributed by atoms with Crippen LogP contribution in [0.4, 0.5) is 4.79 Å². The molecule has 3 rings (SSSR count). The van der Waals surface area contributed by atoms with Crippen molar-refractivity contribution < 1.29 is 14.3 Å². The van der Waals surface area contributed by atoms with Gasteiger partial charge in [-0.05, 0) is 19.1 Å². The Morgan fingerprint density at radius 3 is 2.85 bits per heavy atom. The zero-order chi connectivity index (χ0) is 13.9. The number of nitrogens with zero attached hydrogens (tertiary/aromatic N) is 2. The number of amides is 1. The molecular weight excluding hydrogens is 256 g/mol. The molecule has 0 radical (unpaired) electrons. The molecule has 0 saturated carbocycles. The van der Waals surface area contributed by atoms with Crippen LogP contribution in [-0.4, -0.2) is 42.3 Å². The van der Waals surface area contributed by atoms with E-state index >= 15 is 0 Å². The third-order valence-electron chi connectivity index (χ3n) is 3.29. The summed E-state index contributed by atoms with van der Waals surface area (Å²) < 4.78 is 10.7. The van der Waals surface area contributed by atoms with Crippen LogP contribution in [0.2, 0.25) is 0 Å². The van der Waals surface area contributed by atoms with Gasteiger partial charge in [0.15, 0.2) is 5.75 Å². The maximum absolute atomic E-state index is 12.1. The number of para-hydroxylation sites is 1. The van der Waals surface area contributed by atoms with E-state index in [9.17, 15) is 4.79 Å². The molecule has 2 heterocycles. The van der Waals surface area contributed by atoms with Crippen LogP contribution in [0.5, 0.6) is 5.75 Å².